The fourth-order valence-electron chi connectivity index (χ4n) is 3.36. The molecule has 1 N–H and O–H groups in total. The average molecular weight is 413 g/mol. The number of ether oxygens (including phenoxy) is 1. The van der Waals surface area contributed by atoms with E-state index < -0.39 is 10.7 Å². The fraction of sp³-hybridized carbons (Fsp3) is 0.333. The van der Waals surface area contributed by atoms with E-state index in [1.165, 1.54) is 22.8 Å². The van der Waals surface area contributed by atoms with Crippen LogP contribution in [0.15, 0.2) is 45.6 Å². The number of aryl methyl sites for hydroxylation is 2. The minimum Gasteiger partial charge on any atom is -0.496 e. The van der Waals surface area contributed by atoms with Crippen LogP contribution in [-0.2, 0) is 11.3 Å². The van der Waals surface area contributed by atoms with Gasteiger partial charge in [-0.3, -0.25) is 19.5 Å². The summed E-state index contributed by atoms with van der Waals surface area (Å²) in [6, 6.07) is 9.57. The van der Waals surface area contributed by atoms with Crippen LogP contribution in [0.25, 0.3) is 11.1 Å². The summed E-state index contributed by atoms with van der Waals surface area (Å²) in [5, 5.41) is 13.8. The summed E-state index contributed by atoms with van der Waals surface area (Å²) >= 11 is 0. The zero-order chi connectivity index (χ0) is 21.8. The van der Waals surface area contributed by atoms with Crippen LogP contribution in [0.3, 0.4) is 0 Å². The fourth-order valence-corrected chi connectivity index (χ4v) is 3.36. The monoisotopic (exact) mass is 413 g/mol. The van der Waals surface area contributed by atoms with Crippen LogP contribution >= 0.6 is 0 Å². The summed E-state index contributed by atoms with van der Waals surface area (Å²) in [5.41, 5.74) is 2.42. The average Bonchev–Trinajstić information content (AvgIpc) is 3.02. The first-order valence-corrected chi connectivity index (χ1v) is 9.52. The first-order chi connectivity index (χ1) is 14.3. The minimum absolute atomic E-state index is 0.150. The summed E-state index contributed by atoms with van der Waals surface area (Å²) in [6.45, 7) is 4.12. The second kappa shape index (κ2) is 8.81. The molecule has 0 aliphatic carbocycles. The number of nitro groups is 1. The number of methoxy groups -OCH3 is 1. The number of hydrogen-bond donors (Lipinski definition) is 1. The minimum atomic E-state index is -0.608. The number of nitrogens with zero attached hydrogens (tertiary/aromatic N) is 2. The molecule has 1 aromatic heterocycles. The number of rotatable bonds is 8. The molecule has 158 valence electrons. The van der Waals surface area contributed by atoms with E-state index in [1.54, 1.807) is 7.11 Å². The Morgan fingerprint density at radius 3 is 2.77 bits per heavy atom. The Morgan fingerprint density at radius 1 is 1.30 bits per heavy atom. The Balaban J connectivity index is 1.62. The maximum absolute atomic E-state index is 12.4. The first-order valence-electron chi connectivity index (χ1n) is 9.52. The second-order valence-corrected chi connectivity index (χ2v) is 7.07. The molecule has 2 aromatic carbocycles. The molecule has 1 heterocycles. The molecule has 0 saturated heterocycles. The number of nitro benzene ring substituents is 1. The molecular formula is C21H23N3O6. The van der Waals surface area contributed by atoms with Gasteiger partial charge in [-0.1, -0.05) is 17.7 Å². The summed E-state index contributed by atoms with van der Waals surface area (Å²) in [6.07, 6.45) is 0.625. The molecule has 0 radical (unpaired) electrons. The number of amides is 1. The number of carbonyl (C=O) groups is 1. The van der Waals surface area contributed by atoms with Gasteiger partial charge in [-0.15, -0.1) is 0 Å². The lowest BCUT2D eigenvalue weighted by Crippen LogP contribution is -2.27. The Kier molecular flexibility index (Phi) is 6.20. The van der Waals surface area contributed by atoms with Gasteiger partial charge in [-0.25, -0.2) is 4.79 Å². The van der Waals surface area contributed by atoms with Crippen molar-refractivity contribution in [1.29, 1.82) is 0 Å². The highest BCUT2D eigenvalue weighted by molar-refractivity contribution is 5.77. The number of aromatic nitrogens is 1. The van der Waals surface area contributed by atoms with Crippen molar-refractivity contribution in [2.45, 2.75) is 39.3 Å². The van der Waals surface area contributed by atoms with E-state index in [-0.39, 0.29) is 36.2 Å². The summed E-state index contributed by atoms with van der Waals surface area (Å²) in [5.74, 6) is -0.0507. The number of carbonyl (C=O) groups excluding carboxylic acids is 1. The van der Waals surface area contributed by atoms with Gasteiger partial charge in [-0.05, 0) is 32.4 Å². The van der Waals surface area contributed by atoms with E-state index in [1.807, 2.05) is 32.0 Å². The number of hydrogen-bond acceptors (Lipinski definition) is 6. The second-order valence-electron chi connectivity index (χ2n) is 7.07. The molecule has 9 nitrogen and oxygen atoms in total. The third kappa shape index (κ3) is 4.51. The molecular weight excluding hydrogens is 390 g/mol. The van der Waals surface area contributed by atoms with E-state index >= 15 is 0 Å². The van der Waals surface area contributed by atoms with Gasteiger partial charge in [0.1, 0.15) is 5.75 Å². The molecule has 0 aliphatic rings. The predicted molar refractivity (Wildman–Crippen MR) is 111 cm³/mol. The quantitative estimate of drug-likeness (QED) is 0.446. The zero-order valence-corrected chi connectivity index (χ0v) is 17.0. The lowest BCUT2D eigenvalue weighted by Gasteiger charge is -2.18. The van der Waals surface area contributed by atoms with Crippen LogP contribution in [0.4, 0.5) is 5.69 Å². The van der Waals surface area contributed by atoms with Crippen LogP contribution in [0.2, 0.25) is 0 Å². The van der Waals surface area contributed by atoms with Crippen LogP contribution in [0.1, 0.15) is 36.9 Å². The Bertz CT molecular complexity index is 1150. The van der Waals surface area contributed by atoms with Crippen LogP contribution in [0.5, 0.6) is 5.75 Å². The Morgan fingerprint density at radius 2 is 2.07 bits per heavy atom. The first kappa shape index (κ1) is 21.1. The standard InChI is InChI=1S/C21H23N3O6/c1-13-6-9-18(29-3)16(11-13)14(2)22-20(25)5-4-10-23-17-8-7-15(24(27)28)12-19(17)30-21(23)26/h6-9,11-12,14H,4-5,10H2,1-3H3,(H,22,25)/t14-/m0/s1. The molecule has 30 heavy (non-hydrogen) atoms. The van der Waals surface area contributed by atoms with Crippen molar-refractivity contribution in [2.75, 3.05) is 7.11 Å². The predicted octanol–water partition coefficient (Wildman–Crippen LogP) is 3.48. The number of nitrogens with one attached hydrogen (secondary N) is 1. The molecule has 0 fully saturated rings. The van der Waals surface area contributed by atoms with E-state index in [4.69, 9.17) is 9.15 Å². The summed E-state index contributed by atoms with van der Waals surface area (Å²) < 4.78 is 11.8. The molecule has 0 unspecified atom stereocenters. The van der Waals surface area contributed by atoms with E-state index in [0.29, 0.717) is 17.7 Å². The third-order valence-corrected chi connectivity index (χ3v) is 4.88. The van der Waals surface area contributed by atoms with Crippen LogP contribution in [-0.4, -0.2) is 22.5 Å². The summed E-state index contributed by atoms with van der Waals surface area (Å²) in [7, 11) is 1.59. The van der Waals surface area contributed by atoms with Gasteiger partial charge in [0.2, 0.25) is 5.91 Å². The maximum Gasteiger partial charge on any atom is 0.419 e. The van der Waals surface area contributed by atoms with Crippen molar-refractivity contribution in [1.82, 2.24) is 9.88 Å². The Hall–Kier alpha value is -3.62. The Labute approximate surface area is 172 Å². The SMILES string of the molecule is COc1ccc(C)cc1[C@H](C)NC(=O)CCCn1c(=O)oc2cc([N+](=O)[O-])ccc21. The van der Waals surface area contributed by atoms with Crippen molar-refractivity contribution in [3.8, 4) is 5.75 Å². The number of oxazole rings is 1. The van der Waals surface area contributed by atoms with Gasteiger partial charge < -0.3 is 14.5 Å². The molecule has 9 heteroatoms. The topological polar surface area (TPSA) is 117 Å². The van der Waals surface area contributed by atoms with Crippen molar-refractivity contribution in [3.05, 3.63) is 68.2 Å². The lowest BCUT2D eigenvalue weighted by atomic mass is 10.0. The summed E-state index contributed by atoms with van der Waals surface area (Å²) in [4.78, 5) is 34.8. The smallest absolute Gasteiger partial charge is 0.419 e. The third-order valence-electron chi connectivity index (χ3n) is 4.88. The number of non-ortho nitro benzene ring substituents is 1. The number of fused-ring (bicyclic) bond motifs is 1. The van der Waals surface area contributed by atoms with E-state index in [0.717, 1.165) is 11.1 Å². The lowest BCUT2D eigenvalue weighted by molar-refractivity contribution is -0.384. The van der Waals surface area contributed by atoms with E-state index in [9.17, 15) is 19.7 Å². The van der Waals surface area contributed by atoms with Crippen LogP contribution < -0.4 is 15.8 Å². The largest absolute Gasteiger partial charge is 0.496 e. The molecule has 0 saturated carbocycles. The van der Waals surface area contributed by atoms with Gasteiger partial charge in [0.25, 0.3) is 5.69 Å². The van der Waals surface area contributed by atoms with Crippen molar-refractivity contribution in [2.24, 2.45) is 0 Å². The maximum atomic E-state index is 12.4. The molecule has 0 spiro atoms. The van der Waals surface area contributed by atoms with Gasteiger partial charge in [0.15, 0.2) is 5.58 Å². The van der Waals surface area contributed by atoms with Crippen molar-refractivity contribution in [3.63, 3.8) is 0 Å². The molecule has 1 atom stereocenters. The molecule has 3 aromatic rings. The van der Waals surface area contributed by atoms with Gasteiger partial charge >= 0.3 is 5.76 Å². The van der Waals surface area contributed by atoms with E-state index in [2.05, 4.69) is 5.32 Å². The molecule has 1 amide bonds. The normalized spacial score (nSPS) is 12.0. The highest BCUT2D eigenvalue weighted by Gasteiger charge is 2.16. The van der Waals surface area contributed by atoms with Gasteiger partial charge in [0.05, 0.1) is 29.7 Å². The molecule has 3 rings (SSSR count). The molecule has 0 aliphatic heterocycles. The molecule has 0 bridgehead atoms. The van der Waals surface area contributed by atoms with Gasteiger partial charge in [0, 0.05) is 24.6 Å². The van der Waals surface area contributed by atoms with Gasteiger partial charge in [-0.2, -0.15) is 0 Å². The van der Waals surface area contributed by atoms with Crippen molar-refractivity contribution < 1.29 is 18.9 Å². The zero-order valence-electron chi connectivity index (χ0n) is 17.0. The highest BCUT2D eigenvalue weighted by atomic mass is 16.6. The highest BCUT2D eigenvalue weighted by Crippen LogP contribution is 2.26. The van der Waals surface area contributed by atoms with Crippen LogP contribution in [0, 0.1) is 17.0 Å². The van der Waals surface area contributed by atoms with Crippen molar-refractivity contribution >= 4 is 22.7 Å². The number of benzene rings is 2.